The number of nitrogens with zero attached hydrogens (tertiary/aromatic N) is 3. The van der Waals surface area contributed by atoms with Crippen LogP contribution in [0.2, 0.25) is 10.0 Å². The van der Waals surface area contributed by atoms with Gasteiger partial charge in [-0.1, -0.05) is 89.1 Å². The molecule has 344 valence electrons. The highest BCUT2D eigenvalue weighted by atomic mass is 35.5. The van der Waals surface area contributed by atoms with E-state index in [0.29, 0.717) is 49.5 Å². The van der Waals surface area contributed by atoms with Crippen LogP contribution in [0.4, 0.5) is 5.13 Å². The van der Waals surface area contributed by atoms with Crippen LogP contribution in [0.3, 0.4) is 0 Å². The first-order valence-corrected chi connectivity index (χ1v) is 23.9. The molecule has 0 saturated carbocycles. The number of sulfonamides is 1. The second kappa shape index (κ2) is 19.4. The van der Waals surface area contributed by atoms with Crippen molar-refractivity contribution in [2.24, 2.45) is 0 Å². The minimum atomic E-state index is -4.48. The van der Waals surface area contributed by atoms with Crippen molar-refractivity contribution in [3.63, 3.8) is 0 Å². The molecule has 1 aromatic heterocycles. The molecule has 1 unspecified atom stereocenters. The molecule has 2 N–H and O–H groups in total. The van der Waals surface area contributed by atoms with Crippen molar-refractivity contribution in [3.05, 3.63) is 152 Å². The molecule has 0 aliphatic carbocycles. The molecule has 3 atom stereocenters. The standard InChI is InChI=1S/C49H43Cl2N5O9S2/c1-28-46(66-48(53-28)54-29(2)57)67(60,61)56-25-37-22-43-42(64-27-44(65-43)35-14-16-38(17-15-35)63-26-32-9-18-39(50)40(51)19-32)21-36(37)20-41(56)45(58)55-49(3,47(59)62-4)23-30-5-10-33(11-6-30)34-12-7-31(24-52)8-13-34/h5-19,21-22,41,44H,20,23,25-27H2,1-4H3,(H,55,58)(H,53,54,57)/t41-,44?,49-/m0/s1. The number of hydrogen-bond donors (Lipinski definition) is 2. The number of anilines is 1. The van der Waals surface area contributed by atoms with E-state index < -0.39 is 45.5 Å². The van der Waals surface area contributed by atoms with Gasteiger partial charge in [-0.2, -0.15) is 9.57 Å². The Kier molecular flexibility index (Phi) is 13.6. The molecule has 2 amide bonds. The van der Waals surface area contributed by atoms with E-state index in [4.69, 9.17) is 42.1 Å². The van der Waals surface area contributed by atoms with Gasteiger partial charge in [0.1, 0.15) is 30.5 Å². The number of rotatable bonds is 13. The topological polar surface area (TPSA) is 186 Å². The Morgan fingerprint density at radius 1 is 0.925 bits per heavy atom. The van der Waals surface area contributed by atoms with Crippen molar-refractivity contribution in [2.75, 3.05) is 19.0 Å². The molecule has 14 nitrogen and oxygen atoms in total. The van der Waals surface area contributed by atoms with Crippen molar-refractivity contribution >= 4 is 67.5 Å². The normalized spacial score (nSPS) is 16.4. The summed E-state index contributed by atoms with van der Waals surface area (Å²) in [5.41, 5.74) is 4.40. The minimum Gasteiger partial charge on any atom is -0.489 e. The summed E-state index contributed by atoms with van der Waals surface area (Å²) in [5, 5.41) is 15.6. The van der Waals surface area contributed by atoms with E-state index >= 15 is 0 Å². The van der Waals surface area contributed by atoms with Gasteiger partial charge in [0.15, 0.2) is 26.9 Å². The van der Waals surface area contributed by atoms with E-state index in [1.165, 1.54) is 27.9 Å². The van der Waals surface area contributed by atoms with Gasteiger partial charge in [-0.05, 0) is 108 Å². The number of nitriles is 1. The zero-order chi connectivity index (χ0) is 47.6. The smallest absolute Gasteiger partial charge is 0.331 e. The van der Waals surface area contributed by atoms with Crippen molar-refractivity contribution in [3.8, 4) is 34.4 Å². The molecule has 0 radical (unpaired) electrons. The van der Waals surface area contributed by atoms with Gasteiger partial charge in [0.25, 0.3) is 10.0 Å². The Morgan fingerprint density at radius 3 is 2.25 bits per heavy atom. The highest BCUT2D eigenvalue weighted by Crippen LogP contribution is 2.43. The van der Waals surface area contributed by atoms with Crippen molar-refractivity contribution < 1.29 is 41.7 Å². The number of amides is 2. The largest absolute Gasteiger partial charge is 0.489 e. The van der Waals surface area contributed by atoms with E-state index in [1.54, 1.807) is 36.4 Å². The number of esters is 1. The van der Waals surface area contributed by atoms with Crippen LogP contribution in [-0.4, -0.2) is 60.8 Å². The number of nitrogens with one attached hydrogen (secondary N) is 2. The van der Waals surface area contributed by atoms with Gasteiger partial charge in [-0.15, -0.1) is 0 Å². The molecule has 67 heavy (non-hydrogen) atoms. The highest BCUT2D eigenvalue weighted by Gasteiger charge is 2.45. The molecule has 2 aliphatic heterocycles. The lowest BCUT2D eigenvalue weighted by Gasteiger charge is -2.38. The fourth-order valence-electron chi connectivity index (χ4n) is 7.98. The summed E-state index contributed by atoms with van der Waals surface area (Å²) in [5.74, 6) is -0.458. The maximum absolute atomic E-state index is 14.8. The number of benzene rings is 5. The van der Waals surface area contributed by atoms with Crippen LogP contribution < -0.4 is 24.8 Å². The summed E-state index contributed by atoms with van der Waals surface area (Å²) < 4.78 is 54.4. The summed E-state index contributed by atoms with van der Waals surface area (Å²) >= 11 is 13.0. The van der Waals surface area contributed by atoms with Gasteiger partial charge < -0.3 is 29.6 Å². The Bertz CT molecular complexity index is 3030. The molecular weight excluding hydrogens is 938 g/mol. The Hall–Kier alpha value is -6.48. The maximum atomic E-state index is 14.8. The number of methoxy groups -OCH3 is 1. The molecule has 5 aromatic carbocycles. The van der Waals surface area contributed by atoms with Crippen LogP contribution in [0.25, 0.3) is 11.1 Å². The number of fused-ring (bicyclic) bond motifs is 2. The summed E-state index contributed by atoms with van der Waals surface area (Å²) in [7, 11) is -3.26. The van der Waals surface area contributed by atoms with Crippen LogP contribution in [0.15, 0.2) is 107 Å². The number of thiazole rings is 1. The third-order valence-electron chi connectivity index (χ3n) is 11.4. The first kappa shape index (κ1) is 47.0. The van der Waals surface area contributed by atoms with E-state index in [9.17, 15) is 28.1 Å². The van der Waals surface area contributed by atoms with E-state index in [0.717, 1.165) is 37.9 Å². The molecule has 0 saturated heterocycles. The average Bonchev–Trinajstić information content (AvgIpc) is 3.70. The van der Waals surface area contributed by atoms with Crippen LogP contribution in [0.5, 0.6) is 17.2 Å². The minimum absolute atomic E-state index is 0.0114. The zero-order valence-electron chi connectivity index (χ0n) is 36.6. The molecule has 0 fully saturated rings. The number of halogens is 2. The molecular formula is C49H43Cl2N5O9S2. The molecule has 0 spiro atoms. The SMILES string of the molecule is COC(=O)[C@](C)(Cc1ccc(-c2ccc(C#N)cc2)cc1)NC(=O)[C@@H]1Cc2cc3c(cc2CN1S(=O)(=O)c1sc(NC(C)=O)nc1C)OC(c1ccc(OCc2ccc(Cl)c(Cl)c2)cc1)CO3. The number of carbonyl (C=O) groups is 3. The van der Waals surface area contributed by atoms with Crippen LogP contribution in [0.1, 0.15) is 59.0 Å². The first-order valence-electron chi connectivity index (χ1n) is 20.9. The lowest BCUT2D eigenvalue weighted by atomic mass is 9.90. The highest BCUT2D eigenvalue weighted by molar-refractivity contribution is 7.91. The fourth-order valence-corrected chi connectivity index (χ4v) is 11.4. The van der Waals surface area contributed by atoms with Crippen molar-refractivity contribution in [1.29, 1.82) is 5.26 Å². The van der Waals surface area contributed by atoms with Gasteiger partial charge in [0.2, 0.25) is 11.8 Å². The second-order valence-electron chi connectivity index (χ2n) is 16.3. The van der Waals surface area contributed by atoms with Crippen LogP contribution in [-0.2, 0) is 55.1 Å². The Morgan fingerprint density at radius 2 is 1.60 bits per heavy atom. The summed E-state index contributed by atoms with van der Waals surface area (Å²) in [6.45, 7) is 4.54. The fraction of sp³-hybridized carbons (Fsp3) is 0.245. The van der Waals surface area contributed by atoms with Gasteiger partial charge in [-0.3, -0.25) is 9.59 Å². The lowest BCUT2D eigenvalue weighted by Crippen LogP contribution is -2.61. The average molecular weight is 981 g/mol. The predicted molar refractivity (Wildman–Crippen MR) is 253 cm³/mol. The van der Waals surface area contributed by atoms with E-state index in [-0.39, 0.29) is 47.6 Å². The molecule has 6 aromatic rings. The quantitative estimate of drug-likeness (QED) is 0.105. The van der Waals surface area contributed by atoms with Crippen molar-refractivity contribution in [2.45, 2.75) is 68.7 Å². The monoisotopic (exact) mass is 979 g/mol. The van der Waals surface area contributed by atoms with Crippen LogP contribution >= 0.6 is 34.5 Å². The maximum Gasteiger partial charge on any atom is 0.331 e. The number of ether oxygens (including phenoxy) is 4. The summed E-state index contributed by atoms with van der Waals surface area (Å²) in [4.78, 5) is 44.5. The molecule has 8 rings (SSSR count). The number of aryl methyl sites for hydroxylation is 1. The Labute approximate surface area is 401 Å². The second-order valence-corrected chi connectivity index (χ2v) is 20.2. The first-order chi connectivity index (χ1) is 32.0. The predicted octanol–water partition coefficient (Wildman–Crippen LogP) is 8.75. The van der Waals surface area contributed by atoms with Gasteiger partial charge in [0, 0.05) is 19.9 Å². The van der Waals surface area contributed by atoms with E-state index in [1.807, 2.05) is 66.7 Å². The van der Waals surface area contributed by atoms with Gasteiger partial charge in [0.05, 0.1) is 34.5 Å². The lowest BCUT2D eigenvalue weighted by molar-refractivity contribution is -0.150. The molecule has 3 heterocycles. The van der Waals surface area contributed by atoms with Crippen LogP contribution in [0, 0.1) is 18.3 Å². The molecule has 2 aliphatic rings. The number of carbonyl (C=O) groups excluding carboxylic acids is 3. The molecule has 0 bridgehead atoms. The number of aromatic nitrogens is 1. The Balaban J connectivity index is 1.05. The number of hydrogen-bond acceptors (Lipinski definition) is 12. The molecule has 18 heteroatoms. The summed E-state index contributed by atoms with van der Waals surface area (Å²) in [6.07, 6.45) is -0.582. The van der Waals surface area contributed by atoms with Crippen molar-refractivity contribution in [1.82, 2.24) is 14.6 Å². The third kappa shape index (κ3) is 10.3. The van der Waals surface area contributed by atoms with Gasteiger partial charge >= 0.3 is 5.97 Å². The van der Waals surface area contributed by atoms with Gasteiger partial charge in [-0.25, -0.2) is 18.2 Å². The zero-order valence-corrected chi connectivity index (χ0v) is 39.7. The summed E-state index contributed by atoms with van der Waals surface area (Å²) in [6, 6.07) is 31.5. The third-order valence-corrected chi connectivity index (χ3v) is 15.7. The van der Waals surface area contributed by atoms with E-state index in [2.05, 4.69) is 21.7 Å².